The van der Waals surface area contributed by atoms with Gasteiger partial charge in [0.1, 0.15) is 6.29 Å². The van der Waals surface area contributed by atoms with Crippen LogP contribution in [0.15, 0.2) is 12.1 Å². The molecule has 0 radical (unpaired) electrons. The van der Waals surface area contributed by atoms with Crippen molar-refractivity contribution < 1.29 is 23.2 Å². The third kappa shape index (κ3) is 1.30. The minimum atomic E-state index is -1.20. The Bertz CT molecular complexity index is 513. The maximum atomic E-state index is 12.9. The number of carbonyl (C=O) groups excluding carboxylic acids is 3. The summed E-state index contributed by atoms with van der Waals surface area (Å²) in [6.45, 7) is -0.358. The van der Waals surface area contributed by atoms with Crippen molar-refractivity contribution >= 4 is 23.7 Å². The van der Waals surface area contributed by atoms with Gasteiger partial charge in [-0.1, -0.05) is 0 Å². The number of benzene rings is 1. The van der Waals surface area contributed by atoms with Crippen LogP contribution >= 0.6 is 0 Å². The average molecular weight is 225 g/mol. The summed E-state index contributed by atoms with van der Waals surface area (Å²) in [7, 11) is 0. The van der Waals surface area contributed by atoms with Crippen LogP contribution in [0.25, 0.3) is 0 Å². The van der Waals surface area contributed by atoms with Gasteiger partial charge in [0.2, 0.25) is 0 Å². The normalized spacial score (nSPS) is 14.2. The van der Waals surface area contributed by atoms with Crippen LogP contribution in [0, 0.1) is 11.6 Å². The first-order valence-electron chi connectivity index (χ1n) is 4.35. The Morgan fingerprint density at radius 1 is 1.19 bits per heavy atom. The molecule has 0 N–H and O–H groups in total. The minimum absolute atomic E-state index is 0.0685. The Hall–Kier alpha value is -2.11. The predicted octanol–water partition coefficient (Wildman–Crippen LogP) is 0.693. The summed E-state index contributed by atoms with van der Waals surface area (Å²) < 4.78 is 25.8. The molecule has 0 aromatic heterocycles. The Balaban J connectivity index is 2.61. The first-order valence-corrected chi connectivity index (χ1v) is 4.35. The van der Waals surface area contributed by atoms with Crippen LogP contribution in [0.3, 0.4) is 0 Å². The molecular formula is C10H5F2NO3. The van der Waals surface area contributed by atoms with Crippen LogP contribution in [-0.4, -0.2) is 24.5 Å². The lowest BCUT2D eigenvalue weighted by molar-refractivity contribution is -0.115. The first-order chi connectivity index (χ1) is 7.56. The van der Waals surface area contributed by atoms with E-state index in [1.54, 1.807) is 0 Å². The molecule has 0 spiro atoms. The fourth-order valence-corrected chi connectivity index (χ4v) is 1.54. The number of hydrogen-bond donors (Lipinski definition) is 0. The number of carbonyl (C=O) groups is 3. The van der Waals surface area contributed by atoms with E-state index in [1.807, 2.05) is 0 Å². The van der Waals surface area contributed by atoms with Crippen molar-refractivity contribution in [2.45, 2.75) is 0 Å². The summed E-state index contributed by atoms with van der Waals surface area (Å²) in [5.41, 5.74) is -0.285. The summed E-state index contributed by atoms with van der Waals surface area (Å²) in [6.07, 6.45) is 0.404. The quantitative estimate of drug-likeness (QED) is 0.549. The zero-order valence-electron chi connectivity index (χ0n) is 7.87. The van der Waals surface area contributed by atoms with E-state index in [0.29, 0.717) is 12.4 Å². The lowest BCUT2D eigenvalue weighted by Crippen LogP contribution is -2.31. The molecule has 1 aliphatic rings. The molecule has 6 heteroatoms. The number of fused-ring (bicyclic) bond motifs is 1. The lowest BCUT2D eigenvalue weighted by Gasteiger charge is -2.12. The van der Waals surface area contributed by atoms with Gasteiger partial charge in [-0.05, 0) is 6.07 Å². The Morgan fingerprint density at radius 3 is 2.44 bits per heavy atom. The molecule has 82 valence electrons. The van der Waals surface area contributed by atoms with Gasteiger partial charge in [-0.25, -0.2) is 8.78 Å². The van der Waals surface area contributed by atoms with Gasteiger partial charge < -0.3 is 4.79 Å². The van der Waals surface area contributed by atoms with Crippen LogP contribution in [-0.2, 0) is 9.59 Å². The third-order valence-corrected chi connectivity index (χ3v) is 2.27. The molecule has 0 atom stereocenters. The number of amides is 1. The standard InChI is InChI=1S/C10H5F2NO3/c11-6-3-5-8(4-7(6)12)13(1-2-14)10(16)9(5)15/h2-4H,1H2. The van der Waals surface area contributed by atoms with Gasteiger partial charge in [0, 0.05) is 6.07 Å². The van der Waals surface area contributed by atoms with E-state index in [9.17, 15) is 23.2 Å². The number of rotatable bonds is 2. The Morgan fingerprint density at radius 2 is 1.81 bits per heavy atom. The van der Waals surface area contributed by atoms with Gasteiger partial charge in [0.15, 0.2) is 11.6 Å². The second-order valence-corrected chi connectivity index (χ2v) is 3.20. The smallest absolute Gasteiger partial charge is 0.299 e. The fraction of sp³-hybridized carbons (Fsp3) is 0.100. The average Bonchev–Trinajstić information content (AvgIpc) is 2.46. The van der Waals surface area contributed by atoms with Crippen molar-refractivity contribution in [1.82, 2.24) is 0 Å². The molecule has 0 bridgehead atoms. The van der Waals surface area contributed by atoms with E-state index >= 15 is 0 Å². The Kier molecular flexibility index (Phi) is 2.26. The molecule has 0 saturated heterocycles. The number of Topliss-reactive ketones (excluding diaryl/α,β-unsaturated/α-hetero) is 1. The SMILES string of the molecule is O=CCN1C(=O)C(=O)c2cc(F)c(F)cc21. The maximum Gasteiger partial charge on any atom is 0.299 e. The molecular weight excluding hydrogens is 220 g/mol. The summed E-state index contributed by atoms with van der Waals surface area (Å²) >= 11 is 0. The number of nitrogens with zero attached hydrogens (tertiary/aromatic N) is 1. The molecule has 0 aliphatic carbocycles. The zero-order valence-corrected chi connectivity index (χ0v) is 7.87. The van der Waals surface area contributed by atoms with Crippen molar-refractivity contribution in [3.63, 3.8) is 0 Å². The van der Waals surface area contributed by atoms with Crippen molar-refractivity contribution in [1.29, 1.82) is 0 Å². The summed E-state index contributed by atoms with van der Waals surface area (Å²) in [4.78, 5) is 33.8. The van der Waals surface area contributed by atoms with Crippen LogP contribution in [0.2, 0.25) is 0 Å². The second-order valence-electron chi connectivity index (χ2n) is 3.20. The van der Waals surface area contributed by atoms with E-state index in [0.717, 1.165) is 11.0 Å². The van der Waals surface area contributed by atoms with Crippen LogP contribution in [0.4, 0.5) is 14.5 Å². The molecule has 1 aromatic rings. The number of ketones is 1. The highest BCUT2D eigenvalue weighted by molar-refractivity contribution is 6.52. The molecule has 2 rings (SSSR count). The maximum absolute atomic E-state index is 12.9. The topological polar surface area (TPSA) is 54.5 Å². The monoisotopic (exact) mass is 225 g/mol. The highest BCUT2D eigenvalue weighted by atomic mass is 19.2. The summed E-state index contributed by atoms with van der Waals surface area (Å²) in [6, 6.07) is 1.40. The molecule has 0 saturated carbocycles. The highest BCUT2D eigenvalue weighted by Crippen LogP contribution is 2.30. The van der Waals surface area contributed by atoms with Crippen LogP contribution in [0.1, 0.15) is 10.4 Å². The predicted molar refractivity (Wildman–Crippen MR) is 49.1 cm³/mol. The van der Waals surface area contributed by atoms with Crippen LogP contribution < -0.4 is 4.90 Å². The van der Waals surface area contributed by atoms with Crippen molar-refractivity contribution in [3.05, 3.63) is 29.3 Å². The molecule has 0 unspecified atom stereocenters. The molecule has 0 fully saturated rings. The third-order valence-electron chi connectivity index (χ3n) is 2.27. The van der Waals surface area contributed by atoms with Crippen molar-refractivity contribution in [3.8, 4) is 0 Å². The lowest BCUT2D eigenvalue weighted by atomic mass is 10.1. The number of hydrogen-bond acceptors (Lipinski definition) is 3. The number of anilines is 1. The minimum Gasteiger partial charge on any atom is -0.301 e. The van der Waals surface area contributed by atoms with Gasteiger partial charge in [-0.3, -0.25) is 14.5 Å². The molecule has 1 amide bonds. The highest BCUT2D eigenvalue weighted by Gasteiger charge is 2.36. The molecule has 1 aromatic carbocycles. The van der Waals surface area contributed by atoms with Gasteiger partial charge in [-0.2, -0.15) is 0 Å². The molecule has 4 nitrogen and oxygen atoms in total. The summed E-state index contributed by atoms with van der Waals surface area (Å²) in [5.74, 6) is -4.26. The zero-order chi connectivity index (χ0) is 11.9. The number of halogens is 2. The number of aldehydes is 1. The van der Waals surface area contributed by atoms with Gasteiger partial charge >= 0.3 is 0 Å². The van der Waals surface area contributed by atoms with Crippen molar-refractivity contribution in [2.75, 3.05) is 11.4 Å². The van der Waals surface area contributed by atoms with E-state index in [4.69, 9.17) is 0 Å². The van der Waals surface area contributed by atoms with Crippen molar-refractivity contribution in [2.24, 2.45) is 0 Å². The van der Waals surface area contributed by atoms with E-state index in [-0.39, 0.29) is 17.8 Å². The first kappa shape index (κ1) is 10.4. The molecule has 1 aliphatic heterocycles. The Labute approximate surface area is 88.5 Å². The molecule has 1 heterocycles. The largest absolute Gasteiger partial charge is 0.301 e. The van der Waals surface area contributed by atoms with Crippen LogP contribution in [0.5, 0.6) is 0 Å². The molecule has 16 heavy (non-hydrogen) atoms. The van der Waals surface area contributed by atoms with Gasteiger partial charge in [0.05, 0.1) is 17.8 Å². The fourth-order valence-electron chi connectivity index (χ4n) is 1.54. The van der Waals surface area contributed by atoms with Gasteiger partial charge in [0.25, 0.3) is 11.7 Å². The van der Waals surface area contributed by atoms with E-state index in [2.05, 4.69) is 0 Å². The van der Waals surface area contributed by atoms with E-state index < -0.39 is 23.3 Å². The van der Waals surface area contributed by atoms with Gasteiger partial charge in [-0.15, -0.1) is 0 Å². The van der Waals surface area contributed by atoms with E-state index in [1.165, 1.54) is 0 Å². The summed E-state index contributed by atoms with van der Waals surface area (Å²) in [5, 5.41) is 0. The second kappa shape index (κ2) is 3.48.